The predicted molar refractivity (Wildman–Crippen MR) is 80.7 cm³/mol. The van der Waals surface area contributed by atoms with Gasteiger partial charge in [-0.05, 0) is 16.8 Å². The summed E-state index contributed by atoms with van der Waals surface area (Å²) >= 11 is 0. The number of carbonyl (C=O) groups is 1. The number of nitrogens with two attached hydrogens (primary N) is 1. The molecule has 0 fully saturated rings. The number of aromatic nitrogens is 2. The van der Waals surface area contributed by atoms with E-state index in [4.69, 9.17) is 5.73 Å². The van der Waals surface area contributed by atoms with E-state index in [9.17, 15) is 4.79 Å². The standard InChI is InChI=1S/C16H13N3O2/c1-21-16(20)13-9-18-15(19-14(13)17)12-7-6-10-4-2-3-5-11(10)8-12/h2-9H,1H3,(H2,17,18,19). The van der Waals surface area contributed by atoms with E-state index in [-0.39, 0.29) is 11.4 Å². The van der Waals surface area contributed by atoms with E-state index in [1.807, 2.05) is 42.5 Å². The minimum Gasteiger partial charge on any atom is -0.465 e. The number of hydrogen-bond donors (Lipinski definition) is 1. The second-order valence-corrected chi connectivity index (χ2v) is 4.55. The largest absolute Gasteiger partial charge is 0.465 e. The van der Waals surface area contributed by atoms with Gasteiger partial charge in [0.05, 0.1) is 7.11 Å². The minimum absolute atomic E-state index is 0.111. The number of anilines is 1. The van der Waals surface area contributed by atoms with Crippen LogP contribution in [-0.2, 0) is 4.74 Å². The van der Waals surface area contributed by atoms with Crippen LogP contribution in [0.4, 0.5) is 5.82 Å². The zero-order valence-corrected chi connectivity index (χ0v) is 11.4. The minimum atomic E-state index is -0.544. The first-order valence-corrected chi connectivity index (χ1v) is 6.39. The van der Waals surface area contributed by atoms with Crippen molar-refractivity contribution in [3.05, 3.63) is 54.2 Å². The summed E-state index contributed by atoms with van der Waals surface area (Å²) in [5, 5.41) is 2.23. The van der Waals surface area contributed by atoms with Crippen molar-refractivity contribution in [2.75, 3.05) is 12.8 Å². The summed E-state index contributed by atoms with van der Waals surface area (Å²) in [6, 6.07) is 13.9. The number of fused-ring (bicyclic) bond motifs is 1. The molecule has 0 amide bonds. The van der Waals surface area contributed by atoms with Gasteiger partial charge < -0.3 is 10.5 Å². The van der Waals surface area contributed by atoms with Crippen molar-refractivity contribution in [3.8, 4) is 11.4 Å². The van der Waals surface area contributed by atoms with Crippen LogP contribution in [0.1, 0.15) is 10.4 Å². The lowest BCUT2D eigenvalue weighted by Gasteiger charge is -2.06. The van der Waals surface area contributed by atoms with E-state index in [0.29, 0.717) is 5.82 Å². The number of nitrogen functional groups attached to an aromatic ring is 1. The highest BCUT2D eigenvalue weighted by Crippen LogP contribution is 2.23. The second kappa shape index (κ2) is 5.20. The third kappa shape index (κ3) is 2.41. The fourth-order valence-electron chi connectivity index (χ4n) is 2.13. The van der Waals surface area contributed by atoms with Crippen molar-refractivity contribution in [2.24, 2.45) is 0 Å². The maximum Gasteiger partial charge on any atom is 0.343 e. The van der Waals surface area contributed by atoms with Crippen LogP contribution < -0.4 is 5.73 Å². The average Bonchev–Trinajstić information content (AvgIpc) is 2.53. The Morgan fingerprint density at radius 3 is 2.62 bits per heavy atom. The van der Waals surface area contributed by atoms with Crippen LogP contribution in [0.2, 0.25) is 0 Å². The van der Waals surface area contributed by atoms with Crippen LogP contribution >= 0.6 is 0 Å². The fraction of sp³-hybridized carbons (Fsp3) is 0.0625. The first-order chi connectivity index (χ1) is 10.2. The topological polar surface area (TPSA) is 78.1 Å². The van der Waals surface area contributed by atoms with Crippen LogP contribution in [0.3, 0.4) is 0 Å². The summed E-state index contributed by atoms with van der Waals surface area (Å²) < 4.78 is 4.62. The summed E-state index contributed by atoms with van der Waals surface area (Å²) in [6.45, 7) is 0. The lowest BCUT2D eigenvalue weighted by Crippen LogP contribution is -2.09. The summed E-state index contributed by atoms with van der Waals surface area (Å²) in [5.41, 5.74) is 6.81. The number of methoxy groups -OCH3 is 1. The maximum atomic E-state index is 11.5. The molecule has 0 saturated carbocycles. The second-order valence-electron chi connectivity index (χ2n) is 4.55. The summed E-state index contributed by atoms with van der Waals surface area (Å²) in [5.74, 6) is 0.0449. The van der Waals surface area contributed by atoms with E-state index in [0.717, 1.165) is 16.3 Å². The molecule has 2 N–H and O–H groups in total. The molecular weight excluding hydrogens is 266 g/mol. The molecule has 21 heavy (non-hydrogen) atoms. The molecule has 0 spiro atoms. The molecule has 0 aliphatic rings. The zero-order valence-electron chi connectivity index (χ0n) is 11.4. The lowest BCUT2D eigenvalue weighted by atomic mass is 10.1. The van der Waals surface area contributed by atoms with E-state index in [1.54, 1.807) is 0 Å². The van der Waals surface area contributed by atoms with E-state index in [1.165, 1.54) is 13.3 Å². The Morgan fingerprint density at radius 2 is 1.90 bits per heavy atom. The molecule has 0 unspecified atom stereocenters. The Morgan fingerprint density at radius 1 is 1.14 bits per heavy atom. The number of nitrogens with zero attached hydrogens (tertiary/aromatic N) is 2. The van der Waals surface area contributed by atoms with Crippen molar-refractivity contribution < 1.29 is 9.53 Å². The van der Waals surface area contributed by atoms with Crippen molar-refractivity contribution in [1.29, 1.82) is 0 Å². The van der Waals surface area contributed by atoms with Crippen LogP contribution in [0.15, 0.2) is 48.7 Å². The quantitative estimate of drug-likeness (QED) is 0.730. The van der Waals surface area contributed by atoms with Crippen molar-refractivity contribution in [2.45, 2.75) is 0 Å². The SMILES string of the molecule is COC(=O)c1cnc(-c2ccc3ccccc3c2)nc1N. The van der Waals surface area contributed by atoms with Gasteiger partial charge in [0.15, 0.2) is 5.82 Å². The van der Waals surface area contributed by atoms with Gasteiger partial charge in [-0.15, -0.1) is 0 Å². The maximum absolute atomic E-state index is 11.5. The molecule has 0 atom stereocenters. The Labute approximate surface area is 121 Å². The summed E-state index contributed by atoms with van der Waals surface area (Å²) in [7, 11) is 1.29. The van der Waals surface area contributed by atoms with Gasteiger partial charge in [-0.1, -0.05) is 36.4 Å². The molecule has 3 rings (SSSR count). The third-order valence-electron chi connectivity index (χ3n) is 3.23. The molecule has 1 aromatic heterocycles. The number of hydrogen-bond acceptors (Lipinski definition) is 5. The molecule has 0 bridgehead atoms. The molecule has 5 nitrogen and oxygen atoms in total. The molecule has 0 radical (unpaired) electrons. The van der Waals surface area contributed by atoms with Gasteiger partial charge in [-0.2, -0.15) is 0 Å². The van der Waals surface area contributed by atoms with Gasteiger partial charge in [-0.3, -0.25) is 0 Å². The Bertz CT molecular complexity index is 831. The molecule has 0 aliphatic heterocycles. The Kier molecular flexibility index (Phi) is 3.23. The Hall–Kier alpha value is -2.95. The summed E-state index contributed by atoms with van der Waals surface area (Å²) in [4.78, 5) is 19.9. The molecule has 5 heteroatoms. The van der Waals surface area contributed by atoms with Crippen molar-refractivity contribution in [1.82, 2.24) is 9.97 Å². The average molecular weight is 279 g/mol. The van der Waals surface area contributed by atoms with Crippen LogP contribution in [-0.4, -0.2) is 23.0 Å². The molecule has 3 aromatic rings. The Balaban J connectivity index is 2.06. The first-order valence-electron chi connectivity index (χ1n) is 6.39. The van der Waals surface area contributed by atoms with E-state index in [2.05, 4.69) is 14.7 Å². The third-order valence-corrected chi connectivity index (χ3v) is 3.23. The lowest BCUT2D eigenvalue weighted by molar-refractivity contribution is 0.0601. The van der Waals surface area contributed by atoms with E-state index < -0.39 is 5.97 Å². The van der Waals surface area contributed by atoms with Crippen LogP contribution in [0.5, 0.6) is 0 Å². The number of esters is 1. The van der Waals surface area contributed by atoms with Crippen LogP contribution in [0.25, 0.3) is 22.2 Å². The molecular formula is C16H13N3O2. The van der Waals surface area contributed by atoms with Crippen molar-refractivity contribution >= 4 is 22.6 Å². The van der Waals surface area contributed by atoms with Gasteiger partial charge in [0.25, 0.3) is 0 Å². The smallest absolute Gasteiger partial charge is 0.343 e. The highest BCUT2D eigenvalue weighted by Gasteiger charge is 2.13. The molecule has 0 saturated heterocycles. The number of carbonyl (C=O) groups excluding carboxylic acids is 1. The molecule has 1 heterocycles. The summed E-state index contributed by atoms with van der Waals surface area (Å²) in [6.07, 6.45) is 1.39. The van der Waals surface area contributed by atoms with Gasteiger partial charge in [-0.25, -0.2) is 14.8 Å². The van der Waals surface area contributed by atoms with Gasteiger partial charge in [0.1, 0.15) is 11.4 Å². The van der Waals surface area contributed by atoms with E-state index >= 15 is 0 Å². The first kappa shape index (κ1) is 13.1. The molecule has 2 aromatic carbocycles. The van der Waals surface area contributed by atoms with Gasteiger partial charge in [0.2, 0.25) is 0 Å². The van der Waals surface area contributed by atoms with Crippen molar-refractivity contribution in [3.63, 3.8) is 0 Å². The number of ether oxygens (including phenoxy) is 1. The highest BCUT2D eigenvalue weighted by atomic mass is 16.5. The normalized spacial score (nSPS) is 10.5. The number of benzene rings is 2. The highest BCUT2D eigenvalue weighted by molar-refractivity contribution is 5.94. The van der Waals surface area contributed by atoms with Gasteiger partial charge >= 0.3 is 5.97 Å². The molecule has 0 aliphatic carbocycles. The fourth-order valence-corrected chi connectivity index (χ4v) is 2.13. The predicted octanol–water partition coefficient (Wildman–Crippen LogP) is 2.67. The monoisotopic (exact) mass is 279 g/mol. The molecule has 104 valence electrons. The zero-order chi connectivity index (χ0) is 14.8. The van der Waals surface area contributed by atoms with Crippen LogP contribution in [0, 0.1) is 0 Å². The number of rotatable bonds is 2. The van der Waals surface area contributed by atoms with Gasteiger partial charge in [0, 0.05) is 11.8 Å².